The molecule has 5 aromatic rings. The lowest BCUT2D eigenvalue weighted by atomic mass is 9.95. The predicted molar refractivity (Wildman–Crippen MR) is 174 cm³/mol. The van der Waals surface area contributed by atoms with E-state index in [-0.39, 0.29) is 52.9 Å². The second-order valence-corrected chi connectivity index (χ2v) is 13.2. The third-order valence-electron chi connectivity index (χ3n) is 8.96. The Morgan fingerprint density at radius 2 is 1.78 bits per heavy atom. The summed E-state index contributed by atoms with van der Waals surface area (Å²) >= 11 is 0.921. The third-order valence-corrected chi connectivity index (χ3v) is 10.2. The SMILES string of the molecule is C=CC(=O)N1[C@H](C)CN(c2nc(=O)n3c4c(c(-c5ccc(F)cc5F)c(C(F)(F)F)cc24)SCC(n2nc4ccccn4c2=O)C3)C[C@@H]1C. The Hall–Kier alpha value is -4.99. The summed E-state index contributed by atoms with van der Waals surface area (Å²) in [4.78, 5) is 47.5. The largest absolute Gasteiger partial charge is 0.417 e. The number of nitrogens with zero attached hydrogens (tertiary/aromatic N) is 7. The van der Waals surface area contributed by atoms with E-state index in [1.807, 2.05) is 0 Å². The Morgan fingerprint density at radius 1 is 1.04 bits per heavy atom. The molecule has 1 amide bonds. The number of rotatable bonds is 4. The van der Waals surface area contributed by atoms with Crippen LogP contribution in [0.1, 0.15) is 25.5 Å². The molecule has 0 saturated carbocycles. The van der Waals surface area contributed by atoms with Gasteiger partial charge in [0.1, 0.15) is 17.5 Å². The van der Waals surface area contributed by atoms with Gasteiger partial charge in [0.15, 0.2) is 5.65 Å². The van der Waals surface area contributed by atoms with Crippen LogP contribution in [0, 0.1) is 11.6 Å². The lowest BCUT2D eigenvalue weighted by Gasteiger charge is -2.44. The zero-order chi connectivity index (χ0) is 34.9. The minimum absolute atomic E-state index is 0.0217. The number of alkyl halides is 3. The number of thioether (sulfide) groups is 1. The van der Waals surface area contributed by atoms with E-state index in [0.717, 1.165) is 30.0 Å². The Balaban J connectivity index is 1.50. The van der Waals surface area contributed by atoms with Crippen LogP contribution in [-0.2, 0) is 17.5 Å². The number of fused-ring (bicyclic) bond motifs is 1. The van der Waals surface area contributed by atoms with Crippen molar-refractivity contribution in [2.75, 3.05) is 23.7 Å². The van der Waals surface area contributed by atoms with Gasteiger partial charge in [-0.2, -0.15) is 18.2 Å². The van der Waals surface area contributed by atoms with E-state index in [2.05, 4.69) is 16.7 Å². The van der Waals surface area contributed by atoms with Crippen LogP contribution in [0.2, 0.25) is 0 Å². The first kappa shape index (κ1) is 32.6. The van der Waals surface area contributed by atoms with Crippen LogP contribution < -0.4 is 16.3 Å². The summed E-state index contributed by atoms with van der Waals surface area (Å²) in [7, 11) is 0. The second kappa shape index (κ2) is 11.9. The molecule has 7 rings (SSSR count). The quantitative estimate of drug-likeness (QED) is 0.190. The molecule has 0 N–H and O–H groups in total. The van der Waals surface area contributed by atoms with Crippen LogP contribution in [0.4, 0.5) is 27.8 Å². The first-order valence-electron chi connectivity index (χ1n) is 15.3. The lowest BCUT2D eigenvalue weighted by molar-refractivity contribution is -0.137. The maximum absolute atomic E-state index is 15.4. The molecule has 16 heteroatoms. The van der Waals surface area contributed by atoms with Crippen molar-refractivity contribution in [3.05, 3.63) is 99.5 Å². The number of pyridine rings is 1. The minimum Gasteiger partial charge on any atom is -0.352 e. The zero-order valence-corrected chi connectivity index (χ0v) is 26.9. The van der Waals surface area contributed by atoms with E-state index in [1.165, 1.54) is 25.9 Å². The number of carbonyl (C=O) groups is 1. The van der Waals surface area contributed by atoms with Gasteiger partial charge in [0, 0.05) is 64.6 Å². The molecule has 3 aromatic heterocycles. The van der Waals surface area contributed by atoms with E-state index in [9.17, 15) is 18.8 Å². The highest BCUT2D eigenvalue weighted by atomic mass is 32.2. The number of benzene rings is 2. The van der Waals surface area contributed by atoms with Crippen molar-refractivity contribution in [1.82, 2.24) is 28.6 Å². The van der Waals surface area contributed by atoms with Gasteiger partial charge in [0.25, 0.3) is 0 Å². The van der Waals surface area contributed by atoms with Crippen molar-refractivity contribution in [2.45, 2.75) is 49.6 Å². The van der Waals surface area contributed by atoms with Gasteiger partial charge in [-0.25, -0.2) is 23.1 Å². The highest BCUT2D eigenvalue weighted by Crippen LogP contribution is 2.49. The summed E-state index contributed by atoms with van der Waals surface area (Å²) in [5.41, 5.74) is -3.19. The number of hydrogen-bond donors (Lipinski definition) is 0. The van der Waals surface area contributed by atoms with Crippen LogP contribution in [0.25, 0.3) is 27.7 Å². The smallest absolute Gasteiger partial charge is 0.352 e. The van der Waals surface area contributed by atoms with E-state index < -0.39 is 64.0 Å². The maximum atomic E-state index is 15.4. The fourth-order valence-corrected chi connectivity index (χ4v) is 8.26. The van der Waals surface area contributed by atoms with Crippen molar-refractivity contribution >= 4 is 40.0 Å². The molecule has 3 atom stereocenters. The number of piperazine rings is 1. The monoisotopic (exact) mass is 697 g/mol. The fraction of sp³-hybridized carbons (Fsp3) is 0.303. The van der Waals surface area contributed by atoms with Crippen molar-refractivity contribution in [2.24, 2.45) is 0 Å². The van der Waals surface area contributed by atoms with Gasteiger partial charge in [-0.1, -0.05) is 12.6 Å². The maximum Gasteiger partial charge on any atom is 0.417 e. The lowest BCUT2D eigenvalue weighted by Crippen LogP contribution is -2.58. The number of amides is 1. The standard InChI is InChI=1S/C33H28F5N7O3S/c1-4-26(46)44-17(2)13-41(14-18(44)3)30-22-12-23(33(36,37)38)27(21-9-8-19(34)11-24(21)35)29-28(22)43(31(47)39-30)15-20(16-49-29)45-32(48)42-10-6-5-7-25(42)40-45/h4-12,17-18,20H,1,13-16H2,2-3H3/t17-,18+,20?. The Kier molecular flexibility index (Phi) is 7.88. The van der Waals surface area contributed by atoms with Gasteiger partial charge < -0.3 is 9.80 Å². The highest BCUT2D eigenvalue weighted by Gasteiger charge is 2.40. The Morgan fingerprint density at radius 3 is 2.43 bits per heavy atom. The van der Waals surface area contributed by atoms with Gasteiger partial charge in [-0.3, -0.25) is 13.8 Å². The summed E-state index contributed by atoms with van der Waals surface area (Å²) in [6.07, 6.45) is -2.30. The molecule has 5 heterocycles. The summed E-state index contributed by atoms with van der Waals surface area (Å²) in [5, 5.41) is 4.40. The van der Waals surface area contributed by atoms with Crippen LogP contribution in [0.15, 0.2) is 75.8 Å². The molecule has 1 saturated heterocycles. The van der Waals surface area contributed by atoms with E-state index in [0.29, 0.717) is 11.7 Å². The number of carbonyl (C=O) groups excluding carboxylic acids is 1. The van der Waals surface area contributed by atoms with Crippen LogP contribution in [-0.4, -0.2) is 65.5 Å². The number of anilines is 1. The molecule has 2 aliphatic rings. The summed E-state index contributed by atoms with van der Waals surface area (Å²) in [6.45, 7) is 7.21. The molecule has 49 heavy (non-hydrogen) atoms. The first-order valence-corrected chi connectivity index (χ1v) is 16.3. The molecule has 10 nitrogen and oxygen atoms in total. The molecule has 1 unspecified atom stereocenters. The van der Waals surface area contributed by atoms with E-state index in [4.69, 9.17) is 0 Å². The summed E-state index contributed by atoms with van der Waals surface area (Å²) in [6, 6.07) is 6.46. The third kappa shape index (κ3) is 5.37. The van der Waals surface area contributed by atoms with Gasteiger partial charge in [0.05, 0.1) is 23.7 Å². The van der Waals surface area contributed by atoms with E-state index in [1.54, 1.807) is 41.8 Å². The molecule has 0 bridgehead atoms. The number of aromatic nitrogens is 5. The van der Waals surface area contributed by atoms with Crippen molar-refractivity contribution in [3.63, 3.8) is 0 Å². The highest BCUT2D eigenvalue weighted by molar-refractivity contribution is 7.99. The molecule has 2 aromatic carbocycles. The average molecular weight is 698 g/mol. The normalized spacial score (nSPS) is 19.8. The second-order valence-electron chi connectivity index (χ2n) is 12.1. The molecule has 0 radical (unpaired) electrons. The first-order chi connectivity index (χ1) is 23.3. The van der Waals surface area contributed by atoms with Gasteiger partial charge in [0.2, 0.25) is 5.91 Å². The molecule has 0 spiro atoms. The molecule has 1 fully saturated rings. The molecule has 0 aliphatic carbocycles. The van der Waals surface area contributed by atoms with Crippen LogP contribution in [0.3, 0.4) is 0 Å². The Bertz CT molecular complexity index is 2290. The topological polar surface area (TPSA) is 97.7 Å². The van der Waals surface area contributed by atoms with Crippen molar-refractivity contribution in [1.29, 1.82) is 0 Å². The van der Waals surface area contributed by atoms with Crippen molar-refractivity contribution in [3.8, 4) is 11.1 Å². The van der Waals surface area contributed by atoms with E-state index >= 15 is 17.6 Å². The predicted octanol–water partition coefficient (Wildman–Crippen LogP) is 5.13. The minimum atomic E-state index is -5.01. The number of hydrogen-bond acceptors (Lipinski definition) is 7. The molecule has 254 valence electrons. The van der Waals surface area contributed by atoms with Gasteiger partial charge in [-0.05, 0) is 50.3 Å². The van der Waals surface area contributed by atoms with Gasteiger partial charge >= 0.3 is 17.6 Å². The Labute approximate surface area is 279 Å². The molecular formula is C33H28F5N7O3S. The van der Waals surface area contributed by atoms with Gasteiger partial charge in [-0.15, -0.1) is 16.9 Å². The zero-order valence-electron chi connectivity index (χ0n) is 26.1. The van der Waals surface area contributed by atoms with Crippen LogP contribution in [0.5, 0.6) is 0 Å². The van der Waals surface area contributed by atoms with Crippen molar-refractivity contribution < 1.29 is 26.7 Å². The molecular weight excluding hydrogens is 669 g/mol. The summed E-state index contributed by atoms with van der Waals surface area (Å²) in [5.74, 6) is -2.55. The number of halogens is 5. The van der Waals surface area contributed by atoms with Crippen LogP contribution >= 0.6 is 11.8 Å². The summed E-state index contributed by atoms with van der Waals surface area (Å²) < 4.78 is 78.3. The molecule has 2 aliphatic heterocycles. The average Bonchev–Trinajstić information content (AvgIpc) is 3.24. The fourth-order valence-electron chi connectivity index (χ4n) is 6.93.